The number of carbonyl (C=O) groups is 1. The standard InChI is InChI=1S/C18H18N2O2S/c1-22-14-6-5-12-9-13-10-16(23-17(13)19-15(12)11-14)18(21)20-7-3-2-4-8-20/h5-6,9-11H,2-4,7-8H2,1H3. The normalized spacial score (nSPS) is 15.3. The fourth-order valence-electron chi connectivity index (χ4n) is 3.09. The number of hydrogen-bond donors (Lipinski definition) is 0. The molecule has 0 unspecified atom stereocenters. The first-order valence-electron chi connectivity index (χ1n) is 7.92. The van der Waals surface area contributed by atoms with E-state index in [-0.39, 0.29) is 5.91 Å². The first-order chi connectivity index (χ1) is 11.2. The van der Waals surface area contributed by atoms with Crippen molar-refractivity contribution in [2.24, 2.45) is 0 Å². The predicted molar refractivity (Wildman–Crippen MR) is 93.4 cm³/mol. The molecule has 0 bridgehead atoms. The minimum Gasteiger partial charge on any atom is -0.497 e. The lowest BCUT2D eigenvalue weighted by atomic mass is 10.1. The average molecular weight is 326 g/mol. The second-order valence-corrected chi connectivity index (χ2v) is 6.94. The van der Waals surface area contributed by atoms with Gasteiger partial charge in [0.05, 0.1) is 17.5 Å². The van der Waals surface area contributed by atoms with E-state index < -0.39 is 0 Å². The highest BCUT2D eigenvalue weighted by atomic mass is 32.1. The summed E-state index contributed by atoms with van der Waals surface area (Å²) in [6, 6.07) is 9.95. The van der Waals surface area contributed by atoms with Gasteiger partial charge in [0.2, 0.25) is 0 Å². The highest BCUT2D eigenvalue weighted by Crippen LogP contribution is 2.30. The highest BCUT2D eigenvalue weighted by Gasteiger charge is 2.20. The Morgan fingerprint density at radius 3 is 2.74 bits per heavy atom. The summed E-state index contributed by atoms with van der Waals surface area (Å²) in [6.07, 6.45) is 3.45. The Hall–Kier alpha value is -2.14. The van der Waals surface area contributed by atoms with E-state index in [1.54, 1.807) is 7.11 Å². The van der Waals surface area contributed by atoms with Crippen molar-refractivity contribution in [1.82, 2.24) is 9.88 Å². The number of benzene rings is 1. The molecule has 4 rings (SSSR count). The number of fused-ring (bicyclic) bond motifs is 2. The molecule has 0 spiro atoms. The van der Waals surface area contributed by atoms with E-state index in [1.165, 1.54) is 17.8 Å². The van der Waals surface area contributed by atoms with Crippen molar-refractivity contribution in [1.29, 1.82) is 0 Å². The molecular formula is C18H18N2O2S. The maximum absolute atomic E-state index is 12.7. The molecule has 118 valence electrons. The van der Waals surface area contributed by atoms with Crippen LogP contribution in [0.1, 0.15) is 28.9 Å². The second-order valence-electron chi connectivity index (χ2n) is 5.90. The van der Waals surface area contributed by atoms with Crippen molar-refractivity contribution in [2.45, 2.75) is 19.3 Å². The Morgan fingerprint density at radius 1 is 1.13 bits per heavy atom. The van der Waals surface area contributed by atoms with Gasteiger partial charge in [-0.3, -0.25) is 4.79 Å². The molecule has 1 aliphatic rings. The maximum Gasteiger partial charge on any atom is 0.264 e. The van der Waals surface area contributed by atoms with E-state index in [1.807, 2.05) is 29.2 Å². The van der Waals surface area contributed by atoms with Crippen molar-refractivity contribution < 1.29 is 9.53 Å². The molecule has 4 nitrogen and oxygen atoms in total. The van der Waals surface area contributed by atoms with Gasteiger partial charge in [0.25, 0.3) is 5.91 Å². The van der Waals surface area contributed by atoms with Crippen molar-refractivity contribution in [3.05, 3.63) is 35.2 Å². The summed E-state index contributed by atoms with van der Waals surface area (Å²) >= 11 is 1.48. The molecule has 1 amide bonds. The Balaban J connectivity index is 1.74. The molecule has 2 aromatic heterocycles. The van der Waals surface area contributed by atoms with E-state index in [0.29, 0.717) is 0 Å². The van der Waals surface area contributed by atoms with E-state index in [0.717, 1.165) is 57.7 Å². The summed E-state index contributed by atoms with van der Waals surface area (Å²) < 4.78 is 5.26. The molecule has 5 heteroatoms. The van der Waals surface area contributed by atoms with Crippen LogP contribution in [-0.4, -0.2) is 36.0 Å². The molecule has 0 saturated carbocycles. The van der Waals surface area contributed by atoms with Gasteiger partial charge in [-0.15, -0.1) is 11.3 Å². The molecule has 0 radical (unpaired) electrons. The number of rotatable bonds is 2. The number of carbonyl (C=O) groups excluding carboxylic acids is 1. The number of methoxy groups -OCH3 is 1. The first-order valence-corrected chi connectivity index (χ1v) is 8.74. The van der Waals surface area contributed by atoms with E-state index in [4.69, 9.17) is 9.72 Å². The average Bonchev–Trinajstić information content (AvgIpc) is 3.02. The molecule has 1 aromatic carbocycles. The molecule has 1 saturated heterocycles. The largest absolute Gasteiger partial charge is 0.497 e. The van der Waals surface area contributed by atoms with Gasteiger partial charge in [0.1, 0.15) is 10.6 Å². The molecule has 1 aliphatic heterocycles. The van der Waals surface area contributed by atoms with Crippen LogP contribution in [0.5, 0.6) is 5.75 Å². The van der Waals surface area contributed by atoms with Crippen LogP contribution in [0.15, 0.2) is 30.3 Å². The molecule has 0 N–H and O–H groups in total. The molecule has 0 atom stereocenters. The summed E-state index contributed by atoms with van der Waals surface area (Å²) in [6.45, 7) is 1.75. The lowest BCUT2D eigenvalue weighted by Gasteiger charge is -2.26. The minimum atomic E-state index is 0.148. The van der Waals surface area contributed by atoms with Crippen LogP contribution in [0.2, 0.25) is 0 Å². The van der Waals surface area contributed by atoms with Crippen molar-refractivity contribution in [3.8, 4) is 5.75 Å². The maximum atomic E-state index is 12.7. The number of ether oxygens (including phenoxy) is 1. The highest BCUT2D eigenvalue weighted by molar-refractivity contribution is 7.20. The predicted octanol–water partition coefficient (Wildman–Crippen LogP) is 4.08. The smallest absolute Gasteiger partial charge is 0.264 e. The monoisotopic (exact) mass is 326 g/mol. The lowest BCUT2D eigenvalue weighted by Crippen LogP contribution is -2.35. The third-order valence-corrected chi connectivity index (χ3v) is 5.40. The summed E-state index contributed by atoms with van der Waals surface area (Å²) in [5.74, 6) is 0.944. The zero-order chi connectivity index (χ0) is 15.8. The molecular weight excluding hydrogens is 308 g/mol. The number of piperidine rings is 1. The lowest BCUT2D eigenvalue weighted by molar-refractivity contribution is 0.0729. The third kappa shape index (κ3) is 2.65. The van der Waals surface area contributed by atoms with Crippen LogP contribution >= 0.6 is 11.3 Å². The quantitative estimate of drug-likeness (QED) is 0.712. The number of amides is 1. The topological polar surface area (TPSA) is 42.4 Å². The van der Waals surface area contributed by atoms with Crippen LogP contribution in [0.25, 0.3) is 21.1 Å². The number of thiophene rings is 1. The number of likely N-dealkylation sites (tertiary alicyclic amines) is 1. The van der Waals surface area contributed by atoms with Crippen LogP contribution < -0.4 is 4.74 Å². The zero-order valence-corrected chi connectivity index (χ0v) is 13.9. The van der Waals surface area contributed by atoms with Gasteiger partial charge in [-0.05, 0) is 43.5 Å². The molecule has 3 heterocycles. The molecule has 1 fully saturated rings. The molecule has 0 aliphatic carbocycles. The minimum absolute atomic E-state index is 0.148. The van der Waals surface area contributed by atoms with E-state index in [2.05, 4.69) is 6.07 Å². The zero-order valence-electron chi connectivity index (χ0n) is 13.0. The first kappa shape index (κ1) is 14.5. The van der Waals surface area contributed by atoms with E-state index >= 15 is 0 Å². The van der Waals surface area contributed by atoms with Gasteiger partial charge in [-0.1, -0.05) is 0 Å². The Morgan fingerprint density at radius 2 is 1.96 bits per heavy atom. The Kier molecular flexibility index (Phi) is 3.65. The third-order valence-electron chi connectivity index (χ3n) is 4.36. The molecule has 3 aromatic rings. The van der Waals surface area contributed by atoms with Crippen LogP contribution in [0.4, 0.5) is 0 Å². The van der Waals surface area contributed by atoms with Crippen molar-refractivity contribution in [2.75, 3.05) is 20.2 Å². The fraction of sp³-hybridized carbons (Fsp3) is 0.333. The van der Waals surface area contributed by atoms with Gasteiger partial charge in [-0.25, -0.2) is 4.98 Å². The van der Waals surface area contributed by atoms with Gasteiger partial charge in [0, 0.05) is 29.9 Å². The Labute approximate surface area is 138 Å². The van der Waals surface area contributed by atoms with Crippen molar-refractivity contribution >= 4 is 38.4 Å². The van der Waals surface area contributed by atoms with Crippen molar-refractivity contribution in [3.63, 3.8) is 0 Å². The summed E-state index contributed by atoms with van der Waals surface area (Å²) in [4.78, 5) is 21.0. The van der Waals surface area contributed by atoms with Gasteiger partial charge < -0.3 is 9.64 Å². The van der Waals surface area contributed by atoms with Gasteiger partial charge >= 0.3 is 0 Å². The summed E-state index contributed by atoms with van der Waals surface area (Å²) in [7, 11) is 1.65. The fourth-order valence-corrected chi connectivity index (χ4v) is 4.08. The number of pyridine rings is 1. The number of nitrogens with zero attached hydrogens (tertiary/aromatic N) is 2. The summed E-state index contributed by atoms with van der Waals surface area (Å²) in [5, 5.41) is 2.10. The van der Waals surface area contributed by atoms with Crippen LogP contribution in [-0.2, 0) is 0 Å². The summed E-state index contributed by atoms with van der Waals surface area (Å²) in [5.41, 5.74) is 0.899. The number of aromatic nitrogens is 1. The number of hydrogen-bond acceptors (Lipinski definition) is 4. The molecule has 23 heavy (non-hydrogen) atoms. The van der Waals surface area contributed by atoms with E-state index in [9.17, 15) is 4.79 Å². The van der Waals surface area contributed by atoms with Crippen LogP contribution in [0.3, 0.4) is 0 Å². The SMILES string of the molecule is COc1ccc2cc3cc(C(=O)N4CCCCC4)sc3nc2c1. The van der Waals surface area contributed by atoms with Crippen LogP contribution in [0, 0.1) is 0 Å². The second kappa shape index (κ2) is 5.81. The Bertz CT molecular complexity index is 881. The van der Waals surface area contributed by atoms with Gasteiger partial charge in [-0.2, -0.15) is 0 Å². The van der Waals surface area contributed by atoms with Gasteiger partial charge in [0.15, 0.2) is 0 Å².